The third-order valence-electron chi connectivity index (χ3n) is 4.44. The maximum absolute atomic E-state index is 4.58. The van der Waals surface area contributed by atoms with Gasteiger partial charge in [0.25, 0.3) is 0 Å². The molecule has 0 saturated carbocycles. The molecule has 0 amide bonds. The number of nitrogens with one attached hydrogen (secondary N) is 1. The molecule has 3 heterocycles. The van der Waals surface area contributed by atoms with Gasteiger partial charge in [0.05, 0.1) is 0 Å². The van der Waals surface area contributed by atoms with Crippen LogP contribution in [0.3, 0.4) is 0 Å². The minimum atomic E-state index is 0.711. The molecular weight excluding hydrogens is 260 g/mol. The predicted molar refractivity (Wildman–Crippen MR) is 86.6 cm³/mol. The van der Waals surface area contributed by atoms with Crippen LogP contribution in [0, 0.1) is 11.8 Å². The van der Waals surface area contributed by atoms with Gasteiger partial charge in [0, 0.05) is 24.0 Å². The molecule has 0 unspecified atom stereocenters. The molecule has 1 aromatic carbocycles. The Morgan fingerprint density at radius 3 is 2.67 bits per heavy atom. The molecule has 1 aliphatic heterocycles. The Morgan fingerprint density at radius 1 is 1.10 bits per heavy atom. The highest BCUT2D eigenvalue weighted by Crippen LogP contribution is 2.32. The van der Waals surface area contributed by atoms with Crippen molar-refractivity contribution in [2.45, 2.75) is 20.3 Å². The first-order valence-electron chi connectivity index (χ1n) is 7.68. The van der Waals surface area contributed by atoms with E-state index in [1.165, 1.54) is 11.8 Å². The zero-order valence-corrected chi connectivity index (χ0v) is 12.5. The number of aromatic nitrogens is 3. The van der Waals surface area contributed by atoms with Gasteiger partial charge in [-0.05, 0) is 24.3 Å². The lowest BCUT2D eigenvalue weighted by Gasteiger charge is -2.35. The maximum Gasteiger partial charge on any atom is 0.156 e. The van der Waals surface area contributed by atoms with E-state index in [0.29, 0.717) is 11.8 Å². The predicted octanol–water partition coefficient (Wildman–Crippen LogP) is 3.59. The molecule has 4 nitrogen and oxygen atoms in total. The number of nitrogens with zero attached hydrogens (tertiary/aromatic N) is 3. The van der Waals surface area contributed by atoms with Crippen molar-refractivity contribution in [3.63, 3.8) is 0 Å². The number of piperidine rings is 1. The summed E-state index contributed by atoms with van der Waals surface area (Å²) in [6.07, 6.45) is 3.00. The Hall–Kier alpha value is -2.10. The van der Waals surface area contributed by atoms with Crippen LogP contribution >= 0.6 is 0 Å². The number of aromatic amines is 1. The molecule has 4 rings (SSSR count). The minimum Gasteiger partial charge on any atom is -0.354 e. The van der Waals surface area contributed by atoms with E-state index in [-0.39, 0.29) is 0 Å². The summed E-state index contributed by atoms with van der Waals surface area (Å²) in [6.45, 7) is 6.80. The van der Waals surface area contributed by atoms with Crippen molar-refractivity contribution in [2.75, 3.05) is 18.0 Å². The third-order valence-corrected chi connectivity index (χ3v) is 4.44. The first-order valence-corrected chi connectivity index (χ1v) is 7.68. The number of fused-ring (bicyclic) bond motifs is 3. The monoisotopic (exact) mass is 280 g/mol. The van der Waals surface area contributed by atoms with E-state index in [2.05, 4.69) is 58.0 Å². The molecular formula is C17H20N4. The Bertz CT molecular complexity index is 782. The van der Waals surface area contributed by atoms with Gasteiger partial charge in [-0.3, -0.25) is 0 Å². The van der Waals surface area contributed by atoms with Gasteiger partial charge in [0.15, 0.2) is 5.82 Å². The summed E-state index contributed by atoms with van der Waals surface area (Å²) in [7, 11) is 0. The van der Waals surface area contributed by atoms with E-state index in [9.17, 15) is 0 Å². The topological polar surface area (TPSA) is 44.8 Å². The molecule has 1 saturated heterocycles. The summed E-state index contributed by atoms with van der Waals surface area (Å²) in [5.74, 6) is 2.47. The fraction of sp³-hybridized carbons (Fsp3) is 0.412. The van der Waals surface area contributed by atoms with Gasteiger partial charge in [0.1, 0.15) is 17.4 Å². The molecule has 0 radical (unpaired) electrons. The Morgan fingerprint density at radius 2 is 1.86 bits per heavy atom. The summed E-state index contributed by atoms with van der Waals surface area (Å²) >= 11 is 0. The molecule has 0 aliphatic carbocycles. The van der Waals surface area contributed by atoms with Gasteiger partial charge in [0.2, 0.25) is 0 Å². The van der Waals surface area contributed by atoms with Crippen LogP contribution < -0.4 is 4.90 Å². The zero-order valence-electron chi connectivity index (χ0n) is 12.5. The standard InChI is InChI=1S/C17H20N4/c1-11-7-12(2)9-21(8-11)17-16-15(18-10-19-17)13-5-3-4-6-14(13)20-16/h3-6,10-12,20H,7-9H2,1-2H3/t11-,12+. The van der Waals surface area contributed by atoms with Gasteiger partial charge in [-0.2, -0.15) is 0 Å². The number of rotatable bonds is 1. The number of para-hydroxylation sites is 1. The fourth-order valence-electron chi connectivity index (χ4n) is 3.70. The number of hydrogen-bond donors (Lipinski definition) is 1. The van der Waals surface area contributed by atoms with E-state index < -0.39 is 0 Å². The van der Waals surface area contributed by atoms with Crippen molar-refractivity contribution >= 4 is 27.8 Å². The van der Waals surface area contributed by atoms with Crippen LogP contribution in [0.2, 0.25) is 0 Å². The van der Waals surface area contributed by atoms with Crippen LogP contribution in [0.4, 0.5) is 5.82 Å². The van der Waals surface area contributed by atoms with Crippen LogP contribution in [-0.2, 0) is 0 Å². The smallest absolute Gasteiger partial charge is 0.156 e. The van der Waals surface area contributed by atoms with Crippen molar-refractivity contribution in [2.24, 2.45) is 11.8 Å². The van der Waals surface area contributed by atoms with Crippen LogP contribution in [0.1, 0.15) is 20.3 Å². The molecule has 21 heavy (non-hydrogen) atoms. The van der Waals surface area contributed by atoms with Crippen LogP contribution in [-0.4, -0.2) is 28.0 Å². The van der Waals surface area contributed by atoms with Gasteiger partial charge < -0.3 is 9.88 Å². The van der Waals surface area contributed by atoms with Gasteiger partial charge in [-0.1, -0.05) is 32.0 Å². The summed E-state index contributed by atoms with van der Waals surface area (Å²) in [6, 6.07) is 8.33. The molecule has 0 bridgehead atoms. The Labute approximate surface area is 124 Å². The molecule has 1 fully saturated rings. The Balaban J connectivity index is 1.88. The molecule has 2 atom stereocenters. The van der Waals surface area contributed by atoms with Crippen molar-refractivity contribution < 1.29 is 0 Å². The molecule has 0 spiro atoms. The molecule has 4 heteroatoms. The zero-order chi connectivity index (χ0) is 14.4. The van der Waals surface area contributed by atoms with Gasteiger partial charge in [-0.15, -0.1) is 0 Å². The maximum atomic E-state index is 4.58. The number of benzene rings is 1. The van der Waals surface area contributed by atoms with E-state index in [1.807, 2.05) is 0 Å². The average molecular weight is 280 g/mol. The van der Waals surface area contributed by atoms with Crippen LogP contribution in [0.15, 0.2) is 30.6 Å². The summed E-state index contributed by atoms with van der Waals surface area (Å²) in [5.41, 5.74) is 3.23. The molecule has 1 N–H and O–H groups in total. The summed E-state index contributed by atoms with van der Waals surface area (Å²) in [4.78, 5) is 15.0. The summed E-state index contributed by atoms with van der Waals surface area (Å²) in [5, 5.41) is 1.18. The number of anilines is 1. The highest BCUT2D eigenvalue weighted by molar-refractivity contribution is 6.08. The lowest BCUT2D eigenvalue weighted by molar-refractivity contribution is 0.356. The molecule has 1 aliphatic rings. The van der Waals surface area contributed by atoms with Crippen LogP contribution in [0.25, 0.3) is 21.9 Å². The first kappa shape index (κ1) is 12.6. The van der Waals surface area contributed by atoms with E-state index in [0.717, 1.165) is 35.5 Å². The first-order chi connectivity index (χ1) is 10.2. The number of H-pyrrole nitrogens is 1. The van der Waals surface area contributed by atoms with Crippen LogP contribution in [0.5, 0.6) is 0 Å². The lowest BCUT2D eigenvalue weighted by Crippen LogP contribution is -2.39. The lowest BCUT2D eigenvalue weighted by atomic mass is 9.92. The van der Waals surface area contributed by atoms with Crippen molar-refractivity contribution in [1.29, 1.82) is 0 Å². The van der Waals surface area contributed by atoms with Crippen molar-refractivity contribution in [1.82, 2.24) is 15.0 Å². The average Bonchev–Trinajstić information content (AvgIpc) is 2.84. The fourth-order valence-corrected chi connectivity index (χ4v) is 3.70. The molecule has 108 valence electrons. The molecule has 2 aromatic heterocycles. The van der Waals surface area contributed by atoms with Crippen molar-refractivity contribution in [3.8, 4) is 0 Å². The largest absolute Gasteiger partial charge is 0.354 e. The SMILES string of the molecule is C[C@@H]1C[C@H](C)CN(c2ncnc3c2[nH]c2ccccc23)C1. The second-order valence-electron chi connectivity index (χ2n) is 6.44. The quantitative estimate of drug-likeness (QED) is 0.741. The minimum absolute atomic E-state index is 0.711. The normalized spacial score (nSPS) is 23.0. The van der Waals surface area contributed by atoms with E-state index >= 15 is 0 Å². The highest BCUT2D eigenvalue weighted by Gasteiger charge is 2.25. The Kier molecular flexibility index (Phi) is 2.84. The van der Waals surface area contributed by atoms with Crippen molar-refractivity contribution in [3.05, 3.63) is 30.6 Å². The van der Waals surface area contributed by atoms with Gasteiger partial charge >= 0.3 is 0 Å². The van der Waals surface area contributed by atoms with E-state index in [1.54, 1.807) is 6.33 Å². The van der Waals surface area contributed by atoms with E-state index in [4.69, 9.17) is 0 Å². The summed E-state index contributed by atoms with van der Waals surface area (Å²) < 4.78 is 0. The van der Waals surface area contributed by atoms with Gasteiger partial charge in [-0.25, -0.2) is 9.97 Å². The second-order valence-corrected chi connectivity index (χ2v) is 6.44. The third kappa shape index (κ3) is 2.06. The molecule has 3 aromatic rings. The second kappa shape index (κ2) is 4.72. The highest BCUT2D eigenvalue weighted by atomic mass is 15.2. The number of hydrogen-bond acceptors (Lipinski definition) is 3.